The minimum atomic E-state index is -4.67. The van der Waals surface area contributed by atoms with E-state index in [2.05, 4.69) is 5.32 Å². The molecule has 0 aromatic heterocycles. The molecule has 1 heterocycles. The number of imide groups is 1. The van der Waals surface area contributed by atoms with Gasteiger partial charge in [-0.2, -0.15) is 13.2 Å². The van der Waals surface area contributed by atoms with E-state index in [4.69, 9.17) is 25.8 Å². The summed E-state index contributed by atoms with van der Waals surface area (Å²) < 4.78 is 69.3. The Kier molecular flexibility index (Phi) is 9.32. The summed E-state index contributed by atoms with van der Waals surface area (Å²) in [5, 5.41) is 1.58. The van der Waals surface area contributed by atoms with Crippen LogP contribution in [0.2, 0.25) is 5.02 Å². The number of benzene rings is 3. The molecule has 1 aliphatic rings. The summed E-state index contributed by atoms with van der Waals surface area (Å²) in [6.07, 6.45) is -3.31. The van der Waals surface area contributed by atoms with Crippen molar-refractivity contribution in [2.75, 3.05) is 26.1 Å². The maximum Gasteiger partial charge on any atom is 0.416 e. The van der Waals surface area contributed by atoms with Crippen molar-refractivity contribution in [1.29, 1.82) is 0 Å². The molecule has 1 fully saturated rings. The third kappa shape index (κ3) is 6.97. The highest BCUT2D eigenvalue weighted by atomic mass is 35.5. The number of anilines is 1. The molecule has 1 aliphatic heterocycles. The summed E-state index contributed by atoms with van der Waals surface area (Å²) >= 11 is 6.94. The number of amides is 3. The molecule has 1 N–H and O–H groups in total. The zero-order chi connectivity index (χ0) is 30.6. The maximum absolute atomic E-state index is 14.0. The first-order valence-corrected chi connectivity index (χ1v) is 13.1. The number of alkyl halides is 3. The molecule has 220 valence electrons. The monoisotopic (exact) mass is 624 g/mol. The van der Waals surface area contributed by atoms with E-state index in [9.17, 15) is 31.9 Å². The van der Waals surface area contributed by atoms with Crippen molar-refractivity contribution < 1.29 is 46.2 Å². The summed E-state index contributed by atoms with van der Waals surface area (Å²) in [5.41, 5.74) is -0.646. The summed E-state index contributed by atoms with van der Waals surface area (Å²) in [4.78, 5) is 38.7. The van der Waals surface area contributed by atoms with Crippen LogP contribution >= 0.6 is 23.4 Å². The minimum absolute atomic E-state index is 0.0393. The first-order chi connectivity index (χ1) is 19.9. The lowest BCUT2D eigenvalue weighted by Gasteiger charge is -2.16. The first-order valence-electron chi connectivity index (χ1n) is 12.0. The molecule has 0 unspecified atom stereocenters. The van der Waals surface area contributed by atoms with Crippen molar-refractivity contribution in [3.05, 3.63) is 87.0 Å². The van der Waals surface area contributed by atoms with Gasteiger partial charge in [0.15, 0.2) is 11.5 Å². The second-order valence-electron chi connectivity index (χ2n) is 8.64. The fourth-order valence-corrected chi connectivity index (χ4v) is 4.94. The van der Waals surface area contributed by atoms with Crippen molar-refractivity contribution in [2.45, 2.75) is 12.8 Å². The van der Waals surface area contributed by atoms with Gasteiger partial charge in [0.2, 0.25) is 5.91 Å². The average Bonchev–Trinajstić information content (AvgIpc) is 3.19. The SMILES string of the molecule is COc1ccc(C(F)(F)F)cc1NC(=O)CN1C(=O)S/C(=C\c2cc(Cl)c(OCc3ccccc3F)c(OC)c2)C1=O. The zero-order valence-corrected chi connectivity index (χ0v) is 23.5. The third-order valence-electron chi connectivity index (χ3n) is 5.86. The van der Waals surface area contributed by atoms with Crippen LogP contribution < -0.4 is 19.5 Å². The van der Waals surface area contributed by atoms with Gasteiger partial charge in [0.25, 0.3) is 11.1 Å². The lowest BCUT2D eigenvalue weighted by atomic mass is 10.1. The largest absolute Gasteiger partial charge is 0.495 e. The van der Waals surface area contributed by atoms with Crippen LogP contribution in [0.15, 0.2) is 59.5 Å². The van der Waals surface area contributed by atoms with Crippen LogP contribution in [0.5, 0.6) is 17.2 Å². The predicted octanol–water partition coefficient (Wildman–Crippen LogP) is 6.77. The molecular weight excluding hydrogens is 604 g/mol. The van der Waals surface area contributed by atoms with Gasteiger partial charge in [-0.05, 0) is 59.8 Å². The smallest absolute Gasteiger partial charge is 0.416 e. The predicted molar refractivity (Wildman–Crippen MR) is 148 cm³/mol. The number of rotatable bonds is 9. The summed E-state index contributed by atoms with van der Waals surface area (Å²) in [6, 6.07) is 11.5. The molecule has 0 radical (unpaired) electrons. The standard InChI is InChI=1S/C28H21ClF4N2O6S/c1-39-21-8-7-17(28(31,32)33)12-20(21)34-24(36)13-35-26(37)23(42-27(35)38)11-15-9-18(29)25(22(10-15)40-2)41-14-16-5-3-4-6-19(16)30/h3-12H,13-14H2,1-2H3,(H,34,36)/b23-11-. The third-order valence-corrected chi connectivity index (χ3v) is 7.04. The van der Waals surface area contributed by atoms with E-state index in [1.165, 1.54) is 38.5 Å². The molecule has 1 saturated heterocycles. The maximum atomic E-state index is 14.0. The van der Waals surface area contributed by atoms with Gasteiger partial charge in [-0.25, -0.2) is 4.39 Å². The van der Waals surface area contributed by atoms with E-state index in [1.807, 2.05) is 0 Å². The topological polar surface area (TPSA) is 94.2 Å². The molecule has 0 atom stereocenters. The van der Waals surface area contributed by atoms with Gasteiger partial charge in [0.05, 0.1) is 35.4 Å². The second kappa shape index (κ2) is 12.7. The average molecular weight is 625 g/mol. The number of carbonyl (C=O) groups is 3. The van der Waals surface area contributed by atoms with E-state index < -0.39 is 41.2 Å². The van der Waals surface area contributed by atoms with Crippen LogP contribution in [0.25, 0.3) is 6.08 Å². The van der Waals surface area contributed by atoms with Gasteiger partial charge in [0, 0.05) is 5.56 Å². The van der Waals surface area contributed by atoms with Gasteiger partial charge >= 0.3 is 6.18 Å². The lowest BCUT2D eigenvalue weighted by Crippen LogP contribution is -2.36. The quantitative estimate of drug-likeness (QED) is 0.207. The van der Waals surface area contributed by atoms with Gasteiger partial charge in [-0.3, -0.25) is 19.3 Å². The molecule has 3 aromatic rings. The first kappa shape index (κ1) is 30.7. The molecule has 0 bridgehead atoms. The molecule has 0 saturated carbocycles. The van der Waals surface area contributed by atoms with E-state index in [1.54, 1.807) is 18.2 Å². The van der Waals surface area contributed by atoms with Gasteiger partial charge < -0.3 is 19.5 Å². The number of ether oxygens (including phenoxy) is 3. The number of methoxy groups -OCH3 is 2. The Morgan fingerprint density at radius 3 is 2.43 bits per heavy atom. The number of thioether (sulfide) groups is 1. The van der Waals surface area contributed by atoms with Crippen LogP contribution in [-0.2, 0) is 22.4 Å². The van der Waals surface area contributed by atoms with Crippen LogP contribution in [0.4, 0.5) is 28.0 Å². The number of hydrogen-bond acceptors (Lipinski definition) is 7. The molecule has 14 heteroatoms. The molecule has 3 aromatic carbocycles. The Balaban J connectivity index is 1.49. The van der Waals surface area contributed by atoms with E-state index in [-0.39, 0.29) is 39.5 Å². The Hall–Kier alpha value is -4.23. The highest BCUT2D eigenvalue weighted by Gasteiger charge is 2.37. The zero-order valence-electron chi connectivity index (χ0n) is 21.9. The van der Waals surface area contributed by atoms with Crippen molar-refractivity contribution >= 4 is 52.2 Å². The number of carbonyl (C=O) groups excluding carboxylic acids is 3. The molecule has 0 aliphatic carbocycles. The Bertz CT molecular complexity index is 1580. The van der Waals surface area contributed by atoms with Crippen molar-refractivity contribution in [3.8, 4) is 17.2 Å². The molecule has 8 nitrogen and oxygen atoms in total. The van der Waals surface area contributed by atoms with Crippen molar-refractivity contribution in [3.63, 3.8) is 0 Å². The summed E-state index contributed by atoms with van der Waals surface area (Å²) in [7, 11) is 2.57. The van der Waals surface area contributed by atoms with E-state index in [0.717, 1.165) is 12.1 Å². The van der Waals surface area contributed by atoms with Crippen molar-refractivity contribution in [1.82, 2.24) is 4.90 Å². The fourth-order valence-electron chi connectivity index (χ4n) is 3.83. The number of hydrogen-bond donors (Lipinski definition) is 1. The Labute approximate surface area is 246 Å². The van der Waals surface area contributed by atoms with E-state index >= 15 is 0 Å². The van der Waals surface area contributed by atoms with Gasteiger partial charge in [-0.15, -0.1) is 0 Å². The number of halogens is 5. The molecule has 4 rings (SSSR count). The molecule has 42 heavy (non-hydrogen) atoms. The summed E-state index contributed by atoms with van der Waals surface area (Å²) in [6.45, 7) is -0.885. The normalized spacial score (nSPS) is 14.4. The van der Waals surface area contributed by atoms with E-state index in [0.29, 0.717) is 33.9 Å². The fraction of sp³-hybridized carbons (Fsp3) is 0.179. The lowest BCUT2D eigenvalue weighted by molar-refractivity contribution is -0.137. The second-order valence-corrected chi connectivity index (χ2v) is 10.0. The van der Waals surface area contributed by atoms with Crippen LogP contribution in [0.1, 0.15) is 16.7 Å². The van der Waals surface area contributed by atoms with Gasteiger partial charge in [0.1, 0.15) is 24.7 Å². The number of nitrogens with zero attached hydrogens (tertiary/aromatic N) is 1. The minimum Gasteiger partial charge on any atom is -0.495 e. The Morgan fingerprint density at radius 1 is 1.05 bits per heavy atom. The van der Waals surface area contributed by atoms with Crippen LogP contribution in [0.3, 0.4) is 0 Å². The van der Waals surface area contributed by atoms with Gasteiger partial charge in [-0.1, -0.05) is 29.8 Å². The molecule has 0 spiro atoms. The molecule has 3 amide bonds. The number of nitrogens with one attached hydrogen (secondary N) is 1. The van der Waals surface area contributed by atoms with Crippen molar-refractivity contribution in [2.24, 2.45) is 0 Å². The highest BCUT2D eigenvalue weighted by molar-refractivity contribution is 8.18. The van der Waals surface area contributed by atoms with Crippen LogP contribution in [0, 0.1) is 5.82 Å². The Morgan fingerprint density at radius 2 is 1.76 bits per heavy atom. The summed E-state index contributed by atoms with van der Waals surface area (Å²) in [5.74, 6) is -1.91. The molecular formula is C28H21ClF4N2O6S. The van der Waals surface area contributed by atoms with Crippen LogP contribution in [-0.4, -0.2) is 42.7 Å². The highest BCUT2D eigenvalue weighted by Crippen LogP contribution is 2.40.